The second-order valence-corrected chi connectivity index (χ2v) is 5.70. The third-order valence-electron chi connectivity index (χ3n) is 3.24. The number of halogens is 5. The van der Waals surface area contributed by atoms with Gasteiger partial charge < -0.3 is 4.42 Å². The quantitative estimate of drug-likeness (QED) is 0.355. The van der Waals surface area contributed by atoms with Crippen molar-refractivity contribution in [3.63, 3.8) is 0 Å². The lowest BCUT2D eigenvalue weighted by Crippen LogP contribution is -2.43. The molecule has 0 aliphatic rings. The lowest BCUT2D eigenvalue weighted by atomic mass is 10.1. The molecular weight excluding hydrogens is 410 g/mol. The summed E-state index contributed by atoms with van der Waals surface area (Å²) >= 11 is 3.26. The lowest BCUT2D eigenvalue weighted by molar-refractivity contribution is -0.145. The largest absolute Gasteiger partial charge is 0.486 e. The highest BCUT2D eigenvalue weighted by atomic mass is 79.9. The fourth-order valence-corrected chi connectivity index (χ4v) is 2.68. The molecule has 10 heteroatoms. The minimum absolute atomic E-state index is 0.126. The summed E-state index contributed by atoms with van der Waals surface area (Å²) in [5, 5.41) is 0.496. The van der Waals surface area contributed by atoms with Crippen LogP contribution >= 0.6 is 15.9 Å². The number of benzene rings is 1. The van der Waals surface area contributed by atoms with E-state index in [1.807, 2.05) is 0 Å². The topological polar surface area (TPSA) is 58.4 Å². The molecule has 3 aromatic rings. The van der Waals surface area contributed by atoms with Crippen LogP contribution in [-0.4, -0.2) is 17.3 Å². The maximum Gasteiger partial charge on any atom is 0.486 e. The van der Waals surface area contributed by atoms with Crippen molar-refractivity contribution < 1.29 is 26.9 Å². The molecule has 0 bridgehead atoms. The molecule has 0 aliphatic heterocycles. The number of nitrogens with zero attached hydrogens (tertiary/aromatic N) is 2. The Hall–Kier alpha value is -2.62. The van der Waals surface area contributed by atoms with Crippen molar-refractivity contribution in [2.75, 3.05) is 5.12 Å². The number of urea groups is 1. The smallest absolute Gasteiger partial charge is 0.463 e. The fourth-order valence-electron chi connectivity index (χ4n) is 2.27. The van der Waals surface area contributed by atoms with Crippen molar-refractivity contribution in [3.8, 4) is 11.3 Å². The van der Waals surface area contributed by atoms with E-state index in [2.05, 4.69) is 20.9 Å². The minimum atomic E-state index is -5.05. The Kier molecular flexibility index (Phi) is 4.38. The first-order chi connectivity index (χ1) is 11.8. The van der Waals surface area contributed by atoms with E-state index in [1.54, 1.807) is 12.1 Å². The van der Waals surface area contributed by atoms with E-state index < -0.39 is 17.5 Å². The number of anilines is 1. The molecule has 0 fully saturated rings. The molecule has 0 aliphatic carbocycles. The first-order valence-corrected chi connectivity index (χ1v) is 7.53. The van der Waals surface area contributed by atoms with E-state index in [9.17, 15) is 22.4 Å². The second-order valence-electron chi connectivity index (χ2n) is 4.84. The Labute approximate surface area is 146 Å². The zero-order chi connectivity index (χ0) is 18.2. The average molecular weight is 418 g/mol. The van der Waals surface area contributed by atoms with Crippen LogP contribution in [-0.2, 0) is 0 Å². The van der Waals surface area contributed by atoms with E-state index in [1.165, 1.54) is 30.7 Å². The van der Waals surface area contributed by atoms with Crippen LogP contribution in [0.5, 0.6) is 0 Å². The number of rotatable bonds is 2. The highest BCUT2D eigenvalue weighted by Gasteiger charge is 2.34. The highest BCUT2D eigenvalue weighted by Crippen LogP contribution is 2.37. The van der Waals surface area contributed by atoms with E-state index >= 15 is 0 Å². The monoisotopic (exact) mass is 417 g/mol. The first-order valence-electron chi connectivity index (χ1n) is 6.74. The summed E-state index contributed by atoms with van der Waals surface area (Å²) in [6, 6.07) is 5.16. The molecule has 5 nitrogen and oxygen atoms in total. The number of aromatic nitrogens is 1. The standard InChI is InChI=1S/C15H8BrF4N3O2/c16-10-7-21-12(9-5-6-25-13(9)10)8-3-1-2-4-11(8)23(20)14(24)22-15(17,18)19/h1-7H,(H,22,24). The normalized spacial score (nSPS) is 11.6. The Morgan fingerprint density at radius 1 is 1.24 bits per heavy atom. The Morgan fingerprint density at radius 3 is 2.68 bits per heavy atom. The molecule has 0 spiro atoms. The molecule has 0 saturated heterocycles. The molecule has 0 unspecified atom stereocenters. The van der Waals surface area contributed by atoms with Crippen molar-refractivity contribution in [3.05, 3.63) is 47.3 Å². The summed E-state index contributed by atoms with van der Waals surface area (Å²) in [4.78, 5) is 15.7. The Morgan fingerprint density at radius 2 is 1.96 bits per heavy atom. The molecule has 130 valence electrons. The number of nitrogens with one attached hydrogen (secondary N) is 1. The second kappa shape index (κ2) is 6.36. The van der Waals surface area contributed by atoms with Crippen LogP contribution in [0.4, 0.5) is 28.1 Å². The molecular formula is C15H8BrF4N3O2. The van der Waals surface area contributed by atoms with Gasteiger partial charge in [-0.1, -0.05) is 22.7 Å². The average Bonchev–Trinajstić information content (AvgIpc) is 3.03. The number of pyridine rings is 1. The molecule has 2 heterocycles. The maximum atomic E-state index is 14.3. The van der Waals surface area contributed by atoms with Gasteiger partial charge in [-0.2, -0.15) is 13.2 Å². The number of furan rings is 1. The lowest BCUT2D eigenvalue weighted by Gasteiger charge is -2.17. The summed E-state index contributed by atoms with van der Waals surface area (Å²) in [5.41, 5.74) is 0.428. The third kappa shape index (κ3) is 3.43. The number of amides is 2. The predicted molar refractivity (Wildman–Crippen MR) is 85.3 cm³/mol. The molecule has 3 rings (SSSR count). The van der Waals surface area contributed by atoms with Crippen molar-refractivity contribution in [1.82, 2.24) is 10.3 Å². The molecule has 25 heavy (non-hydrogen) atoms. The summed E-state index contributed by atoms with van der Waals surface area (Å²) in [5.74, 6) is 0. The number of fused-ring (bicyclic) bond motifs is 1. The van der Waals surface area contributed by atoms with Crippen LogP contribution in [0.1, 0.15) is 0 Å². The van der Waals surface area contributed by atoms with E-state index in [0.29, 0.717) is 20.8 Å². The van der Waals surface area contributed by atoms with Crippen molar-refractivity contribution >= 4 is 38.6 Å². The highest BCUT2D eigenvalue weighted by molar-refractivity contribution is 9.10. The predicted octanol–water partition coefficient (Wildman–Crippen LogP) is 5.18. The summed E-state index contributed by atoms with van der Waals surface area (Å²) in [6.45, 7) is 0. The van der Waals surface area contributed by atoms with Crippen molar-refractivity contribution in [2.45, 2.75) is 6.30 Å². The van der Waals surface area contributed by atoms with Crippen LogP contribution < -0.4 is 10.4 Å². The van der Waals surface area contributed by atoms with Gasteiger partial charge in [-0.3, -0.25) is 4.98 Å². The molecule has 2 amide bonds. The molecule has 1 aromatic carbocycles. The zero-order valence-electron chi connectivity index (χ0n) is 12.1. The number of alkyl halides is 3. The number of para-hydroxylation sites is 1. The molecule has 0 radical (unpaired) electrons. The van der Waals surface area contributed by atoms with Crippen LogP contribution in [0.2, 0.25) is 0 Å². The summed E-state index contributed by atoms with van der Waals surface area (Å²) < 4.78 is 56.9. The van der Waals surface area contributed by atoms with Gasteiger partial charge in [0, 0.05) is 17.1 Å². The van der Waals surface area contributed by atoms with E-state index in [-0.39, 0.29) is 16.9 Å². The van der Waals surface area contributed by atoms with Gasteiger partial charge in [0.05, 0.1) is 22.1 Å². The van der Waals surface area contributed by atoms with Crippen LogP contribution in [0.15, 0.2) is 51.7 Å². The molecule has 0 saturated carbocycles. The SMILES string of the molecule is O=C(NC(F)(F)F)N(F)c1ccccc1-c1ncc(Br)c2occc12. The van der Waals surface area contributed by atoms with Gasteiger partial charge >= 0.3 is 12.3 Å². The van der Waals surface area contributed by atoms with E-state index in [0.717, 1.165) is 0 Å². The van der Waals surface area contributed by atoms with Gasteiger partial charge in [-0.05, 0) is 28.1 Å². The maximum absolute atomic E-state index is 14.3. The van der Waals surface area contributed by atoms with Crippen LogP contribution in [0.25, 0.3) is 22.2 Å². The molecule has 1 N–H and O–H groups in total. The molecule has 2 aromatic heterocycles. The van der Waals surface area contributed by atoms with Crippen LogP contribution in [0.3, 0.4) is 0 Å². The van der Waals surface area contributed by atoms with Crippen molar-refractivity contribution in [2.24, 2.45) is 0 Å². The van der Waals surface area contributed by atoms with Gasteiger partial charge in [-0.25, -0.2) is 10.1 Å². The third-order valence-corrected chi connectivity index (χ3v) is 3.81. The first kappa shape index (κ1) is 17.2. The van der Waals surface area contributed by atoms with Gasteiger partial charge in [-0.15, -0.1) is 5.12 Å². The Balaban J connectivity index is 2.08. The van der Waals surface area contributed by atoms with Gasteiger partial charge in [0.25, 0.3) is 0 Å². The number of carbonyl (C=O) groups excluding carboxylic acids is 1. The Bertz CT molecular complexity index is 942. The van der Waals surface area contributed by atoms with E-state index in [4.69, 9.17) is 4.42 Å². The zero-order valence-corrected chi connectivity index (χ0v) is 13.7. The van der Waals surface area contributed by atoms with Crippen LogP contribution in [0, 0.1) is 0 Å². The van der Waals surface area contributed by atoms with Gasteiger partial charge in [0.1, 0.15) is 0 Å². The van der Waals surface area contributed by atoms with Crippen molar-refractivity contribution in [1.29, 1.82) is 0 Å². The fraction of sp³-hybridized carbons (Fsp3) is 0.0667. The number of carbonyl (C=O) groups is 1. The number of hydrogen-bond donors (Lipinski definition) is 1. The number of hydrogen-bond acceptors (Lipinski definition) is 3. The molecule has 0 atom stereocenters. The summed E-state index contributed by atoms with van der Waals surface area (Å²) in [7, 11) is 0. The van der Waals surface area contributed by atoms with Gasteiger partial charge in [0.15, 0.2) is 5.58 Å². The minimum Gasteiger partial charge on any atom is -0.463 e. The van der Waals surface area contributed by atoms with Gasteiger partial charge in [0.2, 0.25) is 0 Å². The summed E-state index contributed by atoms with van der Waals surface area (Å²) in [6.07, 6.45) is -2.24.